The van der Waals surface area contributed by atoms with Crippen LogP contribution in [-0.2, 0) is 4.79 Å². The first kappa shape index (κ1) is 17.0. The topological polar surface area (TPSA) is 95.7 Å². The number of benzene rings is 1. The number of hydrogen-bond donors (Lipinski definition) is 2. The van der Waals surface area contributed by atoms with Crippen molar-refractivity contribution >= 4 is 17.7 Å². The molecule has 1 aliphatic heterocycles. The number of likely N-dealkylation sites (tertiary alicyclic amines) is 1. The molecule has 132 valence electrons. The van der Waals surface area contributed by atoms with Gasteiger partial charge in [-0.05, 0) is 44.9 Å². The van der Waals surface area contributed by atoms with Gasteiger partial charge in [0.05, 0.1) is 11.1 Å². The molecule has 1 atom stereocenters. The van der Waals surface area contributed by atoms with Gasteiger partial charge in [-0.1, -0.05) is 6.07 Å². The van der Waals surface area contributed by atoms with Gasteiger partial charge in [-0.15, -0.1) is 0 Å². The molecule has 2 aromatic rings. The molecule has 3 rings (SSSR count). The van der Waals surface area contributed by atoms with Gasteiger partial charge >= 0.3 is 12.0 Å². The minimum Gasteiger partial charge on any atom is -0.481 e. The summed E-state index contributed by atoms with van der Waals surface area (Å²) >= 11 is 0. The number of nitrogens with one attached hydrogen (secondary N) is 1. The molecule has 1 unspecified atom stereocenters. The number of aryl methyl sites for hydroxylation is 2. The fourth-order valence-electron chi connectivity index (χ4n) is 2.92. The molecule has 7 nitrogen and oxygen atoms in total. The fourth-order valence-corrected chi connectivity index (χ4v) is 2.92. The first-order valence-corrected chi connectivity index (χ1v) is 8.11. The second kappa shape index (κ2) is 6.23. The zero-order valence-electron chi connectivity index (χ0n) is 14.5. The zero-order valence-corrected chi connectivity index (χ0v) is 14.5. The first-order chi connectivity index (χ1) is 11.8. The molecule has 0 bridgehead atoms. The van der Waals surface area contributed by atoms with Crippen LogP contribution in [0.2, 0.25) is 0 Å². The Bertz CT molecular complexity index is 829. The summed E-state index contributed by atoms with van der Waals surface area (Å²) in [6.45, 7) is 6.08. The number of carbonyl (C=O) groups is 2. The highest BCUT2D eigenvalue weighted by Gasteiger charge is 2.42. The molecule has 0 spiro atoms. The van der Waals surface area contributed by atoms with Crippen LogP contribution >= 0.6 is 0 Å². The second-order valence-corrected chi connectivity index (χ2v) is 6.79. The Hall–Kier alpha value is -2.83. The maximum absolute atomic E-state index is 12.4. The summed E-state index contributed by atoms with van der Waals surface area (Å²) in [7, 11) is 0. The highest BCUT2D eigenvalue weighted by atomic mass is 16.4. The number of nitrogens with zero attached hydrogens (tertiary/aromatic N) is 2. The third-order valence-electron chi connectivity index (χ3n) is 4.62. The molecule has 0 radical (unpaired) electrons. The van der Waals surface area contributed by atoms with Gasteiger partial charge in [-0.25, -0.2) is 9.78 Å². The van der Waals surface area contributed by atoms with Crippen LogP contribution in [0.5, 0.6) is 0 Å². The highest BCUT2D eigenvalue weighted by molar-refractivity contribution is 5.91. The average molecular weight is 343 g/mol. The number of hydrogen-bond acceptors (Lipinski definition) is 4. The lowest BCUT2D eigenvalue weighted by molar-refractivity contribution is -0.146. The Morgan fingerprint density at radius 3 is 2.72 bits per heavy atom. The van der Waals surface area contributed by atoms with Crippen LogP contribution in [0.1, 0.15) is 24.6 Å². The third-order valence-corrected chi connectivity index (χ3v) is 4.62. The molecule has 2 amide bonds. The quantitative estimate of drug-likeness (QED) is 0.891. The molecule has 1 aliphatic rings. The standard InChI is InChI=1S/C18H21N3O4/c1-11-4-5-13(8-14(11)15-19-12(2)9-25-15)20-17(24)21-7-6-18(3,10-21)16(22)23/h4-5,8-9H,6-7,10H2,1-3H3,(H,20,24)(H,22,23). The summed E-state index contributed by atoms with van der Waals surface area (Å²) in [6.07, 6.45) is 2.03. The molecule has 1 aromatic heterocycles. The second-order valence-electron chi connectivity index (χ2n) is 6.79. The van der Waals surface area contributed by atoms with Crippen molar-refractivity contribution in [1.29, 1.82) is 0 Å². The van der Waals surface area contributed by atoms with E-state index in [0.29, 0.717) is 24.5 Å². The highest BCUT2D eigenvalue weighted by Crippen LogP contribution is 2.31. The number of urea groups is 1. The van der Waals surface area contributed by atoms with Crippen molar-refractivity contribution in [2.24, 2.45) is 5.41 Å². The fraction of sp³-hybridized carbons (Fsp3) is 0.389. The number of amides is 2. The van der Waals surface area contributed by atoms with Crippen molar-refractivity contribution in [3.8, 4) is 11.5 Å². The Labute approximate surface area is 145 Å². The van der Waals surface area contributed by atoms with Crippen LogP contribution in [0.25, 0.3) is 11.5 Å². The molecule has 7 heteroatoms. The predicted octanol–water partition coefficient (Wildman–Crippen LogP) is 3.29. The Morgan fingerprint density at radius 1 is 1.36 bits per heavy atom. The lowest BCUT2D eigenvalue weighted by atomic mass is 9.90. The van der Waals surface area contributed by atoms with Crippen LogP contribution in [-0.4, -0.2) is 40.1 Å². The summed E-state index contributed by atoms with van der Waals surface area (Å²) < 4.78 is 5.45. The number of rotatable bonds is 3. The van der Waals surface area contributed by atoms with E-state index in [1.807, 2.05) is 26.0 Å². The maximum Gasteiger partial charge on any atom is 0.321 e. The van der Waals surface area contributed by atoms with Crippen molar-refractivity contribution < 1.29 is 19.1 Å². The Balaban J connectivity index is 1.75. The molecular formula is C18H21N3O4. The van der Waals surface area contributed by atoms with Crippen LogP contribution < -0.4 is 5.32 Å². The van der Waals surface area contributed by atoms with Crippen LogP contribution in [0.3, 0.4) is 0 Å². The van der Waals surface area contributed by atoms with Crippen LogP contribution in [0, 0.1) is 19.3 Å². The molecular weight excluding hydrogens is 322 g/mol. The maximum atomic E-state index is 12.4. The summed E-state index contributed by atoms with van der Waals surface area (Å²) in [6, 6.07) is 5.20. The van der Waals surface area contributed by atoms with Crippen LogP contribution in [0.15, 0.2) is 28.9 Å². The zero-order chi connectivity index (χ0) is 18.2. The number of carboxylic acid groups (broad SMARTS) is 1. The van der Waals surface area contributed by atoms with Crippen molar-refractivity contribution in [3.63, 3.8) is 0 Å². The lowest BCUT2D eigenvalue weighted by Gasteiger charge is -2.20. The minimum atomic E-state index is -0.884. The predicted molar refractivity (Wildman–Crippen MR) is 92.4 cm³/mol. The van der Waals surface area contributed by atoms with Crippen molar-refractivity contribution in [2.75, 3.05) is 18.4 Å². The van der Waals surface area contributed by atoms with Gasteiger partial charge in [-0.2, -0.15) is 0 Å². The number of carbonyl (C=O) groups excluding carboxylic acids is 1. The monoisotopic (exact) mass is 343 g/mol. The van der Waals surface area contributed by atoms with E-state index in [0.717, 1.165) is 16.8 Å². The van der Waals surface area contributed by atoms with E-state index in [1.54, 1.807) is 19.3 Å². The normalized spacial score (nSPS) is 19.9. The Kier molecular flexibility index (Phi) is 4.24. The van der Waals surface area contributed by atoms with E-state index < -0.39 is 11.4 Å². The van der Waals surface area contributed by atoms with Gasteiger partial charge in [-0.3, -0.25) is 4.79 Å². The molecule has 1 aromatic carbocycles. The summed E-state index contributed by atoms with van der Waals surface area (Å²) in [5.41, 5.74) is 2.31. The van der Waals surface area contributed by atoms with Crippen molar-refractivity contribution in [2.45, 2.75) is 27.2 Å². The van der Waals surface area contributed by atoms with Gasteiger partial charge < -0.3 is 19.7 Å². The summed E-state index contributed by atoms with van der Waals surface area (Å²) in [4.78, 5) is 29.6. The molecule has 0 aliphatic carbocycles. The molecule has 1 saturated heterocycles. The SMILES string of the molecule is Cc1coc(-c2cc(NC(=O)N3CCC(C)(C(=O)O)C3)ccc2C)n1. The van der Waals surface area contributed by atoms with Crippen molar-refractivity contribution in [3.05, 3.63) is 35.7 Å². The first-order valence-electron chi connectivity index (χ1n) is 8.11. The van der Waals surface area contributed by atoms with Gasteiger partial charge in [0.1, 0.15) is 6.26 Å². The van der Waals surface area contributed by atoms with E-state index in [2.05, 4.69) is 10.3 Å². The summed E-state index contributed by atoms with van der Waals surface area (Å²) in [5, 5.41) is 12.1. The number of aromatic nitrogens is 1. The number of oxazole rings is 1. The largest absolute Gasteiger partial charge is 0.481 e. The van der Waals surface area contributed by atoms with Crippen molar-refractivity contribution in [1.82, 2.24) is 9.88 Å². The Morgan fingerprint density at radius 2 is 2.12 bits per heavy atom. The van der Waals surface area contributed by atoms with E-state index in [-0.39, 0.29) is 12.6 Å². The number of anilines is 1. The average Bonchev–Trinajstić information content (AvgIpc) is 3.16. The number of carboxylic acids is 1. The third kappa shape index (κ3) is 3.35. The van der Waals surface area contributed by atoms with E-state index >= 15 is 0 Å². The van der Waals surface area contributed by atoms with Gasteiger partial charge in [0, 0.05) is 24.3 Å². The van der Waals surface area contributed by atoms with Gasteiger partial charge in [0.25, 0.3) is 0 Å². The summed E-state index contributed by atoms with van der Waals surface area (Å²) in [5.74, 6) is -0.370. The molecule has 25 heavy (non-hydrogen) atoms. The number of aliphatic carboxylic acids is 1. The van der Waals surface area contributed by atoms with E-state index in [1.165, 1.54) is 4.90 Å². The molecule has 1 fully saturated rings. The van der Waals surface area contributed by atoms with Crippen LogP contribution in [0.4, 0.5) is 10.5 Å². The van der Waals surface area contributed by atoms with E-state index in [9.17, 15) is 14.7 Å². The molecule has 2 N–H and O–H groups in total. The van der Waals surface area contributed by atoms with Gasteiger partial charge in [0.15, 0.2) is 0 Å². The molecule has 0 saturated carbocycles. The van der Waals surface area contributed by atoms with Gasteiger partial charge in [0.2, 0.25) is 5.89 Å². The smallest absolute Gasteiger partial charge is 0.321 e. The minimum absolute atomic E-state index is 0.200. The lowest BCUT2D eigenvalue weighted by Crippen LogP contribution is -2.37. The molecule has 2 heterocycles. The van der Waals surface area contributed by atoms with E-state index in [4.69, 9.17) is 4.42 Å².